The lowest BCUT2D eigenvalue weighted by atomic mass is 9.91. The fraction of sp³-hybridized carbons (Fsp3) is 0.667. The molecule has 0 aromatic carbocycles. The van der Waals surface area contributed by atoms with Crippen LogP contribution in [0.1, 0.15) is 43.4 Å². The highest BCUT2D eigenvalue weighted by molar-refractivity contribution is 7.09. The van der Waals surface area contributed by atoms with Crippen LogP contribution in [0.2, 0.25) is 0 Å². The molecule has 1 aromatic heterocycles. The maximum atomic E-state index is 12.5. The molecule has 1 aliphatic heterocycles. The van der Waals surface area contributed by atoms with Gasteiger partial charge >= 0.3 is 12.0 Å². The summed E-state index contributed by atoms with van der Waals surface area (Å²) in [5, 5.41) is 15.0. The molecule has 0 saturated carbocycles. The number of carboxylic acids is 1. The lowest BCUT2D eigenvalue weighted by molar-refractivity contribution is -0.143. The summed E-state index contributed by atoms with van der Waals surface area (Å²) in [5.74, 6) is -1.11. The number of carbonyl (C=O) groups excluding carboxylic acids is 1. The van der Waals surface area contributed by atoms with Crippen molar-refractivity contribution >= 4 is 23.3 Å². The number of aromatic nitrogens is 1. The molecule has 2 rings (SSSR count). The summed E-state index contributed by atoms with van der Waals surface area (Å²) < 4.78 is 0. The zero-order valence-electron chi connectivity index (χ0n) is 13.2. The molecule has 1 fully saturated rings. The van der Waals surface area contributed by atoms with E-state index in [1.54, 1.807) is 4.90 Å². The van der Waals surface area contributed by atoms with Crippen molar-refractivity contribution in [3.8, 4) is 0 Å². The Morgan fingerprint density at radius 2 is 2.27 bits per heavy atom. The van der Waals surface area contributed by atoms with Crippen LogP contribution in [0.5, 0.6) is 0 Å². The van der Waals surface area contributed by atoms with Crippen LogP contribution >= 0.6 is 11.3 Å². The second-order valence-electron chi connectivity index (χ2n) is 6.02. The van der Waals surface area contributed by atoms with Gasteiger partial charge in [-0.2, -0.15) is 0 Å². The number of hydrogen-bond acceptors (Lipinski definition) is 4. The SMILES string of the molecule is CCC(NC(=O)N1CC(C)CC(C(=O)O)C1)c1nc(C)cs1. The third-order valence-corrected chi connectivity index (χ3v) is 5.01. The van der Waals surface area contributed by atoms with Crippen LogP contribution in [0.25, 0.3) is 0 Å². The normalized spacial score (nSPS) is 23.1. The van der Waals surface area contributed by atoms with Crippen LogP contribution in [-0.2, 0) is 4.79 Å². The number of aryl methyl sites for hydroxylation is 1. The predicted molar refractivity (Wildman–Crippen MR) is 84.9 cm³/mol. The van der Waals surface area contributed by atoms with E-state index in [9.17, 15) is 14.7 Å². The van der Waals surface area contributed by atoms with E-state index < -0.39 is 11.9 Å². The minimum Gasteiger partial charge on any atom is -0.481 e. The first-order valence-corrected chi connectivity index (χ1v) is 8.49. The highest BCUT2D eigenvalue weighted by Gasteiger charge is 2.32. The Hall–Kier alpha value is -1.63. The zero-order valence-corrected chi connectivity index (χ0v) is 14.0. The van der Waals surface area contributed by atoms with Gasteiger partial charge in [0.15, 0.2) is 0 Å². The smallest absolute Gasteiger partial charge is 0.317 e. The Morgan fingerprint density at radius 3 is 2.82 bits per heavy atom. The lowest BCUT2D eigenvalue weighted by Gasteiger charge is -2.35. The molecule has 1 saturated heterocycles. The van der Waals surface area contributed by atoms with Gasteiger partial charge in [0.25, 0.3) is 0 Å². The molecule has 0 aliphatic carbocycles. The largest absolute Gasteiger partial charge is 0.481 e. The van der Waals surface area contributed by atoms with Crippen LogP contribution in [0.4, 0.5) is 4.79 Å². The summed E-state index contributed by atoms with van der Waals surface area (Å²) in [4.78, 5) is 29.7. The van der Waals surface area contributed by atoms with Gasteiger partial charge in [0, 0.05) is 24.2 Å². The highest BCUT2D eigenvalue weighted by Crippen LogP contribution is 2.24. The first kappa shape index (κ1) is 16.7. The fourth-order valence-corrected chi connectivity index (χ4v) is 3.74. The number of amides is 2. The van der Waals surface area contributed by atoms with Crippen LogP contribution in [-0.4, -0.2) is 40.1 Å². The minimum atomic E-state index is -0.827. The first-order chi connectivity index (χ1) is 10.4. The molecule has 6 nitrogen and oxygen atoms in total. The van der Waals surface area contributed by atoms with Crippen LogP contribution in [0.15, 0.2) is 5.38 Å². The van der Waals surface area contributed by atoms with Crippen molar-refractivity contribution in [2.45, 2.75) is 39.7 Å². The molecule has 1 aromatic rings. The molecule has 3 unspecified atom stereocenters. The molecular weight excluding hydrogens is 302 g/mol. The maximum Gasteiger partial charge on any atom is 0.317 e. The van der Waals surface area contributed by atoms with Gasteiger partial charge in [0.1, 0.15) is 5.01 Å². The highest BCUT2D eigenvalue weighted by atomic mass is 32.1. The number of nitrogens with zero attached hydrogens (tertiary/aromatic N) is 2. The predicted octanol–water partition coefficient (Wildman–Crippen LogP) is 2.65. The van der Waals surface area contributed by atoms with Crippen LogP contribution < -0.4 is 5.32 Å². The average molecular weight is 325 g/mol. The molecule has 0 radical (unpaired) electrons. The van der Waals surface area contributed by atoms with Gasteiger partial charge in [-0.1, -0.05) is 13.8 Å². The quantitative estimate of drug-likeness (QED) is 0.891. The molecule has 122 valence electrons. The monoisotopic (exact) mass is 325 g/mol. The van der Waals surface area contributed by atoms with E-state index in [1.807, 2.05) is 26.2 Å². The Balaban J connectivity index is 2.02. The number of piperidine rings is 1. The summed E-state index contributed by atoms with van der Waals surface area (Å²) in [6.07, 6.45) is 1.38. The van der Waals surface area contributed by atoms with Crippen molar-refractivity contribution in [2.24, 2.45) is 11.8 Å². The van der Waals surface area contributed by atoms with Crippen molar-refractivity contribution in [3.05, 3.63) is 16.1 Å². The Kier molecular flexibility index (Phi) is 5.39. The molecule has 3 atom stereocenters. The van der Waals surface area contributed by atoms with Gasteiger partial charge in [0.2, 0.25) is 0 Å². The second kappa shape index (κ2) is 7.09. The van der Waals surface area contributed by atoms with Gasteiger partial charge in [0.05, 0.1) is 12.0 Å². The van der Waals surface area contributed by atoms with E-state index in [0.717, 1.165) is 17.1 Å². The van der Waals surface area contributed by atoms with Crippen LogP contribution in [0.3, 0.4) is 0 Å². The lowest BCUT2D eigenvalue weighted by Crippen LogP contribution is -2.50. The summed E-state index contributed by atoms with van der Waals surface area (Å²) in [5.41, 5.74) is 0.949. The Bertz CT molecular complexity index is 546. The molecule has 0 bridgehead atoms. The third kappa shape index (κ3) is 3.97. The number of rotatable bonds is 4. The van der Waals surface area contributed by atoms with Crippen molar-refractivity contribution in [3.63, 3.8) is 0 Å². The molecule has 2 N–H and O–H groups in total. The number of hydrogen-bond donors (Lipinski definition) is 2. The van der Waals surface area contributed by atoms with Gasteiger partial charge in [-0.05, 0) is 25.7 Å². The molecule has 1 aliphatic rings. The molecule has 22 heavy (non-hydrogen) atoms. The molecule has 7 heteroatoms. The van der Waals surface area contributed by atoms with Crippen molar-refractivity contribution in [2.75, 3.05) is 13.1 Å². The zero-order chi connectivity index (χ0) is 16.3. The number of thiazole rings is 1. The van der Waals surface area contributed by atoms with Crippen molar-refractivity contribution in [1.29, 1.82) is 0 Å². The van der Waals surface area contributed by atoms with Gasteiger partial charge < -0.3 is 15.3 Å². The number of carboxylic acid groups (broad SMARTS) is 1. The van der Waals surface area contributed by atoms with E-state index in [-0.39, 0.29) is 24.5 Å². The molecular formula is C15H23N3O3S. The fourth-order valence-electron chi connectivity index (χ4n) is 2.81. The van der Waals surface area contributed by atoms with E-state index in [0.29, 0.717) is 13.0 Å². The van der Waals surface area contributed by atoms with Gasteiger partial charge in [-0.25, -0.2) is 9.78 Å². The van der Waals surface area contributed by atoms with E-state index >= 15 is 0 Å². The van der Waals surface area contributed by atoms with E-state index in [2.05, 4.69) is 10.3 Å². The summed E-state index contributed by atoms with van der Waals surface area (Å²) in [6, 6.07) is -0.316. The maximum absolute atomic E-state index is 12.5. The number of carbonyl (C=O) groups is 2. The molecule has 2 heterocycles. The first-order valence-electron chi connectivity index (χ1n) is 7.61. The standard InChI is InChI=1S/C15H23N3O3S/c1-4-12(13-16-10(3)8-22-13)17-15(21)18-6-9(2)5-11(7-18)14(19)20/h8-9,11-12H,4-7H2,1-3H3,(H,17,21)(H,19,20). The second-order valence-corrected chi connectivity index (χ2v) is 6.91. The van der Waals surface area contributed by atoms with Crippen molar-refractivity contribution < 1.29 is 14.7 Å². The van der Waals surface area contributed by atoms with Crippen LogP contribution in [0, 0.1) is 18.8 Å². The number of aliphatic carboxylic acids is 1. The van der Waals surface area contributed by atoms with Gasteiger partial charge in [-0.3, -0.25) is 4.79 Å². The number of urea groups is 1. The Labute approximate surface area is 134 Å². The molecule has 0 spiro atoms. The number of likely N-dealkylation sites (tertiary alicyclic amines) is 1. The summed E-state index contributed by atoms with van der Waals surface area (Å²) >= 11 is 1.54. The minimum absolute atomic E-state index is 0.119. The molecule has 2 amide bonds. The topological polar surface area (TPSA) is 82.5 Å². The third-order valence-electron chi connectivity index (χ3n) is 3.94. The Morgan fingerprint density at radius 1 is 1.55 bits per heavy atom. The average Bonchev–Trinajstić information content (AvgIpc) is 2.90. The van der Waals surface area contributed by atoms with E-state index in [1.165, 1.54) is 11.3 Å². The van der Waals surface area contributed by atoms with Gasteiger partial charge in [-0.15, -0.1) is 11.3 Å². The van der Waals surface area contributed by atoms with Crippen molar-refractivity contribution in [1.82, 2.24) is 15.2 Å². The number of nitrogens with one attached hydrogen (secondary N) is 1. The van der Waals surface area contributed by atoms with E-state index in [4.69, 9.17) is 0 Å². The summed E-state index contributed by atoms with van der Waals surface area (Å²) in [6.45, 7) is 6.79. The summed E-state index contributed by atoms with van der Waals surface area (Å²) in [7, 11) is 0.